The van der Waals surface area contributed by atoms with Gasteiger partial charge in [-0.3, -0.25) is 0 Å². The molecule has 2 atom stereocenters. The zero-order chi connectivity index (χ0) is 16.3. The highest BCUT2D eigenvalue weighted by molar-refractivity contribution is 7.91. The van der Waals surface area contributed by atoms with Gasteiger partial charge >= 0.3 is 0 Å². The van der Waals surface area contributed by atoms with E-state index in [0.717, 1.165) is 5.56 Å². The molecule has 0 unspecified atom stereocenters. The van der Waals surface area contributed by atoms with E-state index in [1.165, 1.54) is 11.3 Å². The van der Waals surface area contributed by atoms with Crippen molar-refractivity contribution in [1.82, 2.24) is 4.31 Å². The van der Waals surface area contributed by atoms with E-state index in [4.69, 9.17) is 9.47 Å². The molecule has 0 saturated carbocycles. The van der Waals surface area contributed by atoms with Gasteiger partial charge in [0.1, 0.15) is 10.3 Å². The Labute approximate surface area is 140 Å². The second kappa shape index (κ2) is 7.11. The fraction of sp³-hybridized carbons (Fsp3) is 0.375. The summed E-state index contributed by atoms with van der Waals surface area (Å²) in [5.74, 6) is 0. The van der Waals surface area contributed by atoms with Gasteiger partial charge in [0.2, 0.25) is 0 Å². The van der Waals surface area contributed by atoms with Crippen molar-refractivity contribution in [3.8, 4) is 0 Å². The summed E-state index contributed by atoms with van der Waals surface area (Å²) in [6.45, 7) is 1.04. The highest BCUT2D eigenvalue weighted by Gasteiger charge is 2.41. The normalized spacial score (nSPS) is 23.0. The van der Waals surface area contributed by atoms with Gasteiger partial charge in [-0.2, -0.15) is 4.31 Å². The maximum atomic E-state index is 13.0. The lowest BCUT2D eigenvalue weighted by molar-refractivity contribution is -0.0745. The van der Waals surface area contributed by atoms with E-state index in [9.17, 15) is 8.42 Å². The predicted molar refractivity (Wildman–Crippen MR) is 89.0 cm³/mol. The van der Waals surface area contributed by atoms with Crippen LogP contribution in [0.25, 0.3) is 0 Å². The van der Waals surface area contributed by atoms with Crippen molar-refractivity contribution in [2.45, 2.75) is 16.4 Å². The molecule has 2 heterocycles. The minimum atomic E-state index is -3.55. The van der Waals surface area contributed by atoms with E-state index in [-0.39, 0.29) is 6.10 Å². The molecule has 5 nitrogen and oxygen atoms in total. The van der Waals surface area contributed by atoms with E-state index in [0.29, 0.717) is 24.0 Å². The Morgan fingerprint density at radius 2 is 2.04 bits per heavy atom. The lowest BCUT2D eigenvalue weighted by Gasteiger charge is -2.40. The zero-order valence-corrected chi connectivity index (χ0v) is 14.4. The van der Waals surface area contributed by atoms with Gasteiger partial charge in [-0.25, -0.2) is 8.42 Å². The van der Waals surface area contributed by atoms with Crippen LogP contribution in [0.5, 0.6) is 0 Å². The fourth-order valence-electron chi connectivity index (χ4n) is 2.84. The number of hydrogen-bond acceptors (Lipinski definition) is 5. The van der Waals surface area contributed by atoms with Crippen LogP contribution >= 0.6 is 11.3 Å². The lowest BCUT2D eigenvalue weighted by Crippen LogP contribution is -2.49. The van der Waals surface area contributed by atoms with Gasteiger partial charge in [-0.05, 0) is 17.0 Å². The number of morpholine rings is 1. The number of thiophene rings is 1. The van der Waals surface area contributed by atoms with Crippen LogP contribution in [-0.4, -0.2) is 45.7 Å². The largest absolute Gasteiger partial charge is 0.382 e. The molecule has 7 heteroatoms. The Hall–Kier alpha value is -1.25. The third-order valence-electron chi connectivity index (χ3n) is 3.84. The molecule has 1 aromatic carbocycles. The van der Waals surface area contributed by atoms with Crippen LogP contribution in [0, 0.1) is 0 Å². The molecule has 23 heavy (non-hydrogen) atoms. The van der Waals surface area contributed by atoms with Crippen molar-refractivity contribution in [2.24, 2.45) is 0 Å². The Bertz CT molecular complexity index is 714. The van der Waals surface area contributed by atoms with Gasteiger partial charge in [0.15, 0.2) is 0 Å². The van der Waals surface area contributed by atoms with Crippen LogP contribution < -0.4 is 0 Å². The van der Waals surface area contributed by atoms with Crippen molar-refractivity contribution in [2.75, 3.05) is 26.9 Å². The van der Waals surface area contributed by atoms with E-state index >= 15 is 0 Å². The maximum absolute atomic E-state index is 13.0. The van der Waals surface area contributed by atoms with Crippen LogP contribution in [0.3, 0.4) is 0 Å². The molecule has 124 valence electrons. The molecule has 0 N–H and O–H groups in total. The van der Waals surface area contributed by atoms with Gasteiger partial charge in [0.05, 0.1) is 19.3 Å². The summed E-state index contributed by atoms with van der Waals surface area (Å²) in [7, 11) is -1.96. The van der Waals surface area contributed by atoms with Crippen LogP contribution in [0.4, 0.5) is 0 Å². The first-order valence-corrected chi connectivity index (χ1v) is 9.67. The van der Waals surface area contributed by atoms with Gasteiger partial charge in [-0.1, -0.05) is 36.4 Å². The zero-order valence-electron chi connectivity index (χ0n) is 12.8. The number of benzene rings is 1. The Balaban J connectivity index is 2.02. The second-order valence-electron chi connectivity index (χ2n) is 5.27. The summed E-state index contributed by atoms with van der Waals surface area (Å²) in [5.41, 5.74) is 0.911. The fourth-order valence-corrected chi connectivity index (χ4v) is 5.58. The molecule has 0 spiro atoms. The Kier molecular flexibility index (Phi) is 5.13. The average molecular weight is 353 g/mol. The van der Waals surface area contributed by atoms with Crippen LogP contribution in [0.2, 0.25) is 0 Å². The van der Waals surface area contributed by atoms with E-state index < -0.39 is 16.1 Å². The molecule has 1 saturated heterocycles. The topological polar surface area (TPSA) is 55.8 Å². The van der Waals surface area contributed by atoms with Crippen LogP contribution in [0.1, 0.15) is 11.6 Å². The van der Waals surface area contributed by atoms with Crippen molar-refractivity contribution in [3.05, 3.63) is 53.4 Å². The molecule has 1 aliphatic rings. The Morgan fingerprint density at radius 1 is 1.26 bits per heavy atom. The van der Waals surface area contributed by atoms with Gasteiger partial charge in [0.25, 0.3) is 10.0 Å². The number of sulfonamides is 1. The molecule has 1 aliphatic heterocycles. The SMILES string of the molecule is COC[C@@H]1OCCN(S(=O)(=O)c2cccs2)[C@H]1c1ccccc1. The molecule has 2 aromatic rings. The minimum absolute atomic E-state index is 0.328. The molecular weight excluding hydrogens is 334 g/mol. The lowest BCUT2D eigenvalue weighted by atomic mass is 10.0. The third-order valence-corrected chi connectivity index (χ3v) is 7.09. The maximum Gasteiger partial charge on any atom is 0.253 e. The number of rotatable bonds is 5. The van der Waals surface area contributed by atoms with Crippen molar-refractivity contribution in [1.29, 1.82) is 0 Å². The number of methoxy groups -OCH3 is 1. The minimum Gasteiger partial charge on any atom is -0.382 e. The highest BCUT2D eigenvalue weighted by Crippen LogP contribution is 2.35. The Morgan fingerprint density at radius 3 is 2.70 bits per heavy atom. The van der Waals surface area contributed by atoms with Crippen molar-refractivity contribution < 1.29 is 17.9 Å². The van der Waals surface area contributed by atoms with Crippen molar-refractivity contribution in [3.63, 3.8) is 0 Å². The quantitative estimate of drug-likeness (QED) is 0.829. The first kappa shape index (κ1) is 16.6. The van der Waals surface area contributed by atoms with Crippen LogP contribution in [-0.2, 0) is 19.5 Å². The number of hydrogen-bond donors (Lipinski definition) is 0. The summed E-state index contributed by atoms with van der Waals surface area (Å²) < 4.78 is 39.0. The standard InChI is InChI=1S/C16H19NO4S2/c1-20-12-14-16(13-6-3-2-4-7-13)17(9-10-21-14)23(18,19)15-8-5-11-22-15/h2-8,11,14,16H,9-10,12H2,1H3/t14-,16-/m0/s1. The smallest absolute Gasteiger partial charge is 0.253 e. The molecule has 0 amide bonds. The van der Waals surface area contributed by atoms with E-state index in [1.54, 1.807) is 28.9 Å². The monoisotopic (exact) mass is 353 g/mol. The molecule has 0 aliphatic carbocycles. The third kappa shape index (κ3) is 3.34. The summed E-state index contributed by atoms with van der Waals surface area (Å²) in [6, 6.07) is 12.6. The second-order valence-corrected chi connectivity index (χ2v) is 8.33. The highest BCUT2D eigenvalue weighted by atomic mass is 32.2. The summed E-state index contributed by atoms with van der Waals surface area (Å²) in [4.78, 5) is 0. The van der Waals surface area contributed by atoms with Gasteiger partial charge in [0, 0.05) is 13.7 Å². The summed E-state index contributed by atoms with van der Waals surface area (Å²) in [6.07, 6.45) is -0.328. The van der Waals surface area contributed by atoms with E-state index in [2.05, 4.69) is 0 Å². The molecule has 3 rings (SSSR count). The van der Waals surface area contributed by atoms with E-state index in [1.807, 2.05) is 30.3 Å². The van der Waals surface area contributed by atoms with Crippen molar-refractivity contribution >= 4 is 21.4 Å². The first-order valence-electron chi connectivity index (χ1n) is 7.35. The molecular formula is C16H19NO4S2. The van der Waals surface area contributed by atoms with Crippen LogP contribution in [0.15, 0.2) is 52.1 Å². The molecule has 1 fully saturated rings. The first-order chi connectivity index (χ1) is 11.1. The summed E-state index contributed by atoms with van der Waals surface area (Å²) in [5, 5.41) is 1.78. The summed E-state index contributed by atoms with van der Waals surface area (Å²) >= 11 is 1.23. The van der Waals surface area contributed by atoms with Gasteiger partial charge < -0.3 is 9.47 Å². The molecule has 1 aromatic heterocycles. The molecule has 0 radical (unpaired) electrons. The average Bonchev–Trinajstić information content (AvgIpc) is 3.11. The van der Waals surface area contributed by atoms with Gasteiger partial charge in [-0.15, -0.1) is 11.3 Å². The number of nitrogens with zero attached hydrogens (tertiary/aromatic N) is 1. The molecule has 0 bridgehead atoms. The number of ether oxygens (including phenoxy) is 2. The predicted octanol–water partition coefficient (Wildman–Crippen LogP) is 2.53.